The first-order valence-corrected chi connectivity index (χ1v) is 9.98. The largest absolute Gasteiger partial charge is 0.392 e. The summed E-state index contributed by atoms with van der Waals surface area (Å²) in [6, 6.07) is 0.485. The summed E-state index contributed by atoms with van der Waals surface area (Å²) >= 11 is 0. The number of nitrogens with one attached hydrogen (secondary N) is 2. The summed E-state index contributed by atoms with van der Waals surface area (Å²) in [4.78, 5) is 24.0. The first-order valence-electron chi connectivity index (χ1n) is 9.98. The maximum Gasteiger partial charge on any atom is 0.223 e. The van der Waals surface area contributed by atoms with Gasteiger partial charge in [-0.1, -0.05) is 20.8 Å². The molecule has 7 atom stereocenters. The van der Waals surface area contributed by atoms with E-state index >= 15 is 0 Å². The fraction of sp³-hybridized carbons (Fsp3) is 0.900. The highest BCUT2D eigenvalue weighted by atomic mass is 16.3. The van der Waals surface area contributed by atoms with E-state index < -0.39 is 6.10 Å². The summed E-state index contributed by atoms with van der Waals surface area (Å²) in [5, 5.41) is 17.4. The molecule has 0 aliphatic heterocycles. The molecule has 3 aliphatic carbocycles. The highest BCUT2D eigenvalue weighted by Gasteiger charge is 2.53. The van der Waals surface area contributed by atoms with Gasteiger partial charge < -0.3 is 15.7 Å². The molecular weight excluding hydrogens is 316 g/mol. The van der Waals surface area contributed by atoms with Crippen LogP contribution in [0.2, 0.25) is 0 Å². The Hall–Kier alpha value is -1.10. The Labute approximate surface area is 151 Å². The zero-order chi connectivity index (χ0) is 18.4. The molecule has 3 rings (SSSR count). The standard InChI is InChI=1S/C20H34N2O3/c1-11(19(25)22-14-5-6-14)15-7-9-20(4)10-8-16(21-13(3)23)12(2)17(20)18(15)24/h11-12,14-18,24H,5-10H2,1-4H3,(H,21,23)(H,22,25)/t11-,12+,15?,16-,17+,18-,20-/m0/s1. The number of aliphatic hydroxyl groups excluding tert-OH is 1. The van der Waals surface area contributed by atoms with E-state index in [0.717, 1.165) is 38.5 Å². The molecule has 1 unspecified atom stereocenters. The number of carbonyl (C=O) groups excluding carboxylic acids is 2. The fourth-order valence-corrected chi connectivity index (χ4v) is 5.51. The molecule has 3 aliphatic rings. The Morgan fingerprint density at radius 2 is 1.76 bits per heavy atom. The summed E-state index contributed by atoms with van der Waals surface area (Å²) in [6.07, 6.45) is 5.65. The lowest BCUT2D eigenvalue weighted by Gasteiger charge is -2.56. The summed E-state index contributed by atoms with van der Waals surface area (Å²) in [6.45, 7) is 7.97. The van der Waals surface area contributed by atoms with Gasteiger partial charge >= 0.3 is 0 Å². The third-order valence-corrected chi connectivity index (χ3v) is 7.26. The van der Waals surface area contributed by atoms with E-state index in [1.54, 1.807) is 6.92 Å². The predicted molar refractivity (Wildman–Crippen MR) is 96.7 cm³/mol. The molecule has 0 aromatic rings. The lowest BCUT2D eigenvalue weighted by Crippen LogP contribution is -2.58. The zero-order valence-corrected chi connectivity index (χ0v) is 16.0. The van der Waals surface area contributed by atoms with Crippen LogP contribution in [-0.4, -0.2) is 35.1 Å². The molecule has 3 fully saturated rings. The molecule has 0 heterocycles. The van der Waals surface area contributed by atoms with E-state index in [-0.39, 0.29) is 46.9 Å². The maximum absolute atomic E-state index is 12.5. The molecule has 3 N–H and O–H groups in total. The molecule has 3 saturated carbocycles. The van der Waals surface area contributed by atoms with Gasteiger partial charge in [-0.05, 0) is 61.7 Å². The smallest absolute Gasteiger partial charge is 0.223 e. The third-order valence-electron chi connectivity index (χ3n) is 7.26. The van der Waals surface area contributed by atoms with Crippen LogP contribution >= 0.6 is 0 Å². The molecule has 5 heteroatoms. The monoisotopic (exact) mass is 350 g/mol. The zero-order valence-electron chi connectivity index (χ0n) is 16.0. The highest BCUT2D eigenvalue weighted by molar-refractivity contribution is 5.79. The van der Waals surface area contributed by atoms with Gasteiger partial charge in [0.05, 0.1) is 6.10 Å². The van der Waals surface area contributed by atoms with E-state index in [9.17, 15) is 14.7 Å². The van der Waals surface area contributed by atoms with Crippen molar-refractivity contribution < 1.29 is 14.7 Å². The summed E-state index contributed by atoms with van der Waals surface area (Å²) in [5.74, 6) is 0.299. The normalized spacial score (nSPS) is 42.2. The Morgan fingerprint density at radius 3 is 2.36 bits per heavy atom. The molecule has 5 nitrogen and oxygen atoms in total. The van der Waals surface area contributed by atoms with Crippen molar-refractivity contribution in [3.63, 3.8) is 0 Å². The van der Waals surface area contributed by atoms with Crippen LogP contribution in [0.3, 0.4) is 0 Å². The van der Waals surface area contributed by atoms with Crippen molar-refractivity contribution in [2.24, 2.45) is 29.1 Å². The Bertz CT molecular complexity index is 533. The maximum atomic E-state index is 12.5. The SMILES string of the molecule is CC(=O)N[C@H]1CC[C@]2(C)CCC([C@H](C)C(=O)NC3CC3)[C@H](O)[C@H]2[C@@H]1C. The second kappa shape index (κ2) is 6.90. The van der Waals surface area contributed by atoms with Gasteiger partial charge in [-0.25, -0.2) is 0 Å². The van der Waals surface area contributed by atoms with Crippen LogP contribution in [0.5, 0.6) is 0 Å². The molecule has 0 saturated heterocycles. The molecule has 0 aromatic heterocycles. The van der Waals surface area contributed by atoms with Crippen molar-refractivity contribution in [3.8, 4) is 0 Å². The van der Waals surface area contributed by atoms with Gasteiger partial charge in [-0.2, -0.15) is 0 Å². The quantitative estimate of drug-likeness (QED) is 0.727. The van der Waals surface area contributed by atoms with Crippen molar-refractivity contribution in [2.75, 3.05) is 0 Å². The predicted octanol–water partition coefficient (Wildman–Crippen LogP) is 2.23. The van der Waals surface area contributed by atoms with E-state index in [1.807, 2.05) is 6.92 Å². The second-order valence-corrected chi connectivity index (χ2v) is 9.15. The van der Waals surface area contributed by atoms with E-state index in [0.29, 0.717) is 6.04 Å². The van der Waals surface area contributed by atoms with Crippen molar-refractivity contribution in [1.82, 2.24) is 10.6 Å². The number of fused-ring (bicyclic) bond motifs is 1. The van der Waals surface area contributed by atoms with Crippen LogP contribution in [0.4, 0.5) is 0 Å². The van der Waals surface area contributed by atoms with Gasteiger partial charge in [-0.15, -0.1) is 0 Å². The minimum atomic E-state index is -0.481. The molecule has 0 radical (unpaired) electrons. The summed E-state index contributed by atoms with van der Waals surface area (Å²) < 4.78 is 0. The summed E-state index contributed by atoms with van der Waals surface area (Å²) in [5.41, 5.74) is 0.108. The average molecular weight is 351 g/mol. The fourth-order valence-electron chi connectivity index (χ4n) is 5.51. The van der Waals surface area contributed by atoms with Crippen LogP contribution in [0, 0.1) is 29.1 Å². The van der Waals surface area contributed by atoms with Crippen LogP contribution < -0.4 is 10.6 Å². The highest BCUT2D eigenvalue weighted by Crippen LogP contribution is 2.55. The average Bonchev–Trinajstić information content (AvgIpc) is 3.33. The van der Waals surface area contributed by atoms with E-state index in [1.165, 1.54) is 0 Å². The van der Waals surface area contributed by atoms with Crippen molar-refractivity contribution >= 4 is 11.8 Å². The van der Waals surface area contributed by atoms with Gasteiger partial charge in [0.2, 0.25) is 11.8 Å². The van der Waals surface area contributed by atoms with Gasteiger partial charge in [0, 0.05) is 24.9 Å². The number of rotatable bonds is 4. The van der Waals surface area contributed by atoms with Gasteiger partial charge in [-0.3, -0.25) is 9.59 Å². The molecule has 2 amide bonds. The Balaban J connectivity index is 1.73. The molecule has 0 aromatic carbocycles. The van der Waals surface area contributed by atoms with Crippen LogP contribution in [0.25, 0.3) is 0 Å². The molecule has 0 bridgehead atoms. The van der Waals surface area contributed by atoms with E-state index in [4.69, 9.17) is 0 Å². The lowest BCUT2D eigenvalue weighted by atomic mass is 9.51. The van der Waals surface area contributed by atoms with Gasteiger partial charge in [0.1, 0.15) is 0 Å². The van der Waals surface area contributed by atoms with Crippen LogP contribution in [0.15, 0.2) is 0 Å². The number of hydrogen-bond acceptors (Lipinski definition) is 3. The van der Waals surface area contributed by atoms with Gasteiger partial charge in [0.15, 0.2) is 0 Å². The van der Waals surface area contributed by atoms with Crippen molar-refractivity contribution in [2.45, 2.75) is 84.4 Å². The van der Waals surface area contributed by atoms with Crippen molar-refractivity contribution in [1.29, 1.82) is 0 Å². The number of hydrogen-bond donors (Lipinski definition) is 3. The van der Waals surface area contributed by atoms with Gasteiger partial charge in [0.25, 0.3) is 0 Å². The van der Waals surface area contributed by atoms with Crippen LogP contribution in [0.1, 0.15) is 66.2 Å². The second-order valence-electron chi connectivity index (χ2n) is 9.15. The topological polar surface area (TPSA) is 78.4 Å². The van der Waals surface area contributed by atoms with E-state index in [2.05, 4.69) is 24.5 Å². The summed E-state index contributed by atoms with van der Waals surface area (Å²) in [7, 11) is 0. The first-order chi connectivity index (χ1) is 11.7. The number of aliphatic hydroxyl groups is 1. The lowest BCUT2D eigenvalue weighted by molar-refractivity contribution is -0.143. The number of carbonyl (C=O) groups is 2. The first kappa shape index (κ1) is 18.7. The Kier molecular flexibility index (Phi) is 5.16. The molecular formula is C20H34N2O3. The third kappa shape index (κ3) is 3.71. The van der Waals surface area contributed by atoms with Crippen LogP contribution in [-0.2, 0) is 9.59 Å². The minimum absolute atomic E-state index is 0.000480. The number of amides is 2. The molecule has 0 spiro atoms. The Morgan fingerprint density at radius 1 is 1.12 bits per heavy atom. The molecule has 142 valence electrons. The molecule has 25 heavy (non-hydrogen) atoms. The minimum Gasteiger partial charge on any atom is -0.392 e. The van der Waals surface area contributed by atoms with Crippen molar-refractivity contribution in [3.05, 3.63) is 0 Å².